The van der Waals surface area contributed by atoms with Crippen LogP contribution in [0, 0.1) is 5.92 Å². The van der Waals surface area contributed by atoms with Gasteiger partial charge in [0.2, 0.25) is 11.7 Å². The van der Waals surface area contributed by atoms with E-state index in [4.69, 9.17) is 5.73 Å². The molecule has 0 aliphatic heterocycles. The van der Waals surface area contributed by atoms with E-state index in [0.717, 1.165) is 5.56 Å². The molecule has 3 N–H and O–H groups in total. The van der Waals surface area contributed by atoms with E-state index in [0.29, 0.717) is 18.3 Å². The summed E-state index contributed by atoms with van der Waals surface area (Å²) in [5.74, 6) is 0.931. The molecule has 2 aromatic rings. The van der Waals surface area contributed by atoms with Crippen LogP contribution in [-0.2, 0) is 11.3 Å². The molecule has 1 fully saturated rings. The van der Waals surface area contributed by atoms with Gasteiger partial charge in [0.1, 0.15) is 6.54 Å². The minimum absolute atomic E-state index is 0.0528. The Labute approximate surface area is 122 Å². The minimum atomic E-state index is -0.150. The number of nitrogens with one attached hydrogen (secondary N) is 1. The number of aromatic nitrogens is 4. The predicted octanol–water partition coefficient (Wildman–Crippen LogP) is 0.194. The Balaban J connectivity index is 1.53. The molecule has 21 heavy (non-hydrogen) atoms. The van der Waals surface area contributed by atoms with Gasteiger partial charge in [0, 0.05) is 18.2 Å². The molecule has 1 unspecified atom stereocenters. The van der Waals surface area contributed by atoms with E-state index in [1.807, 2.05) is 30.3 Å². The molecule has 1 aliphatic carbocycles. The SMILES string of the molecule is NC(CNC(=O)Cn1nnc(-c2ccccc2)n1)C1CC1. The van der Waals surface area contributed by atoms with Crippen LogP contribution < -0.4 is 11.1 Å². The van der Waals surface area contributed by atoms with Gasteiger partial charge in [-0.25, -0.2) is 0 Å². The summed E-state index contributed by atoms with van der Waals surface area (Å²) in [5.41, 5.74) is 6.81. The van der Waals surface area contributed by atoms with Gasteiger partial charge < -0.3 is 11.1 Å². The average molecular weight is 286 g/mol. The molecule has 7 heteroatoms. The van der Waals surface area contributed by atoms with Crippen LogP contribution in [-0.4, -0.2) is 38.7 Å². The minimum Gasteiger partial charge on any atom is -0.353 e. The van der Waals surface area contributed by atoms with Crippen LogP contribution in [0.1, 0.15) is 12.8 Å². The van der Waals surface area contributed by atoms with Crippen LogP contribution in [0.5, 0.6) is 0 Å². The number of tetrazole rings is 1. The van der Waals surface area contributed by atoms with Crippen molar-refractivity contribution in [2.45, 2.75) is 25.4 Å². The highest BCUT2D eigenvalue weighted by Crippen LogP contribution is 2.31. The second-order valence-corrected chi connectivity index (χ2v) is 5.31. The Morgan fingerprint density at radius 3 is 2.86 bits per heavy atom. The zero-order valence-corrected chi connectivity index (χ0v) is 11.6. The standard InChI is InChI=1S/C14H18N6O/c15-12(10-6-7-10)8-16-13(21)9-20-18-14(17-19-20)11-4-2-1-3-5-11/h1-5,10,12H,6-9,15H2,(H,16,21). The van der Waals surface area contributed by atoms with Crippen molar-refractivity contribution < 1.29 is 4.79 Å². The first-order valence-corrected chi connectivity index (χ1v) is 7.08. The molecule has 1 aliphatic rings. The third kappa shape index (κ3) is 3.63. The fourth-order valence-corrected chi connectivity index (χ4v) is 2.12. The zero-order valence-electron chi connectivity index (χ0n) is 11.6. The second kappa shape index (κ2) is 6.01. The van der Waals surface area contributed by atoms with Gasteiger partial charge in [-0.05, 0) is 24.0 Å². The molecule has 7 nitrogen and oxygen atoms in total. The molecule has 1 amide bonds. The van der Waals surface area contributed by atoms with Gasteiger partial charge >= 0.3 is 0 Å². The first kappa shape index (κ1) is 13.7. The molecule has 1 aromatic carbocycles. The number of carbonyl (C=O) groups is 1. The van der Waals surface area contributed by atoms with Crippen molar-refractivity contribution in [1.29, 1.82) is 0 Å². The van der Waals surface area contributed by atoms with Crippen LogP contribution >= 0.6 is 0 Å². The summed E-state index contributed by atoms with van der Waals surface area (Å²) in [4.78, 5) is 13.1. The number of amides is 1. The Bertz CT molecular complexity index is 607. The fraction of sp³-hybridized carbons (Fsp3) is 0.429. The molecule has 0 spiro atoms. The van der Waals surface area contributed by atoms with Crippen molar-refractivity contribution in [3.05, 3.63) is 30.3 Å². The topological polar surface area (TPSA) is 98.7 Å². The Hall–Kier alpha value is -2.28. The van der Waals surface area contributed by atoms with Crippen molar-refractivity contribution >= 4 is 5.91 Å². The van der Waals surface area contributed by atoms with Crippen molar-refractivity contribution in [1.82, 2.24) is 25.5 Å². The Morgan fingerprint density at radius 1 is 1.38 bits per heavy atom. The van der Waals surface area contributed by atoms with Crippen molar-refractivity contribution in [3.8, 4) is 11.4 Å². The monoisotopic (exact) mass is 286 g/mol. The summed E-state index contributed by atoms with van der Waals surface area (Å²) < 4.78 is 0. The highest BCUT2D eigenvalue weighted by atomic mass is 16.2. The predicted molar refractivity (Wildman–Crippen MR) is 77.0 cm³/mol. The average Bonchev–Trinajstić information content (AvgIpc) is 3.26. The van der Waals surface area contributed by atoms with Gasteiger partial charge in [0.05, 0.1) is 0 Å². The molecule has 0 radical (unpaired) electrons. The summed E-state index contributed by atoms with van der Waals surface area (Å²) in [7, 11) is 0. The maximum Gasteiger partial charge on any atom is 0.243 e. The van der Waals surface area contributed by atoms with E-state index < -0.39 is 0 Å². The van der Waals surface area contributed by atoms with E-state index in [1.54, 1.807) is 0 Å². The van der Waals surface area contributed by atoms with Crippen LogP contribution in [0.15, 0.2) is 30.3 Å². The van der Waals surface area contributed by atoms with Gasteiger partial charge in [-0.15, -0.1) is 10.2 Å². The van der Waals surface area contributed by atoms with Crippen LogP contribution in [0.4, 0.5) is 0 Å². The van der Waals surface area contributed by atoms with E-state index in [2.05, 4.69) is 20.7 Å². The van der Waals surface area contributed by atoms with Crippen molar-refractivity contribution in [2.24, 2.45) is 11.7 Å². The largest absolute Gasteiger partial charge is 0.353 e. The molecule has 1 aromatic heterocycles. The first-order chi connectivity index (χ1) is 10.2. The molecule has 1 heterocycles. The third-order valence-corrected chi connectivity index (χ3v) is 3.53. The van der Waals surface area contributed by atoms with Gasteiger partial charge in [-0.3, -0.25) is 4.79 Å². The maximum absolute atomic E-state index is 11.8. The number of benzene rings is 1. The Morgan fingerprint density at radius 2 is 2.14 bits per heavy atom. The smallest absolute Gasteiger partial charge is 0.243 e. The van der Waals surface area contributed by atoms with Crippen LogP contribution in [0.2, 0.25) is 0 Å². The van der Waals surface area contributed by atoms with E-state index in [-0.39, 0.29) is 18.5 Å². The molecular weight excluding hydrogens is 268 g/mol. The summed E-state index contributed by atoms with van der Waals surface area (Å²) in [6.07, 6.45) is 2.34. The summed E-state index contributed by atoms with van der Waals surface area (Å²) in [5, 5.41) is 14.8. The first-order valence-electron chi connectivity index (χ1n) is 7.08. The summed E-state index contributed by atoms with van der Waals surface area (Å²) in [6.45, 7) is 0.557. The number of rotatable bonds is 6. The highest BCUT2D eigenvalue weighted by molar-refractivity contribution is 5.75. The lowest BCUT2D eigenvalue weighted by molar-refractivity contribution is -0.122. The summed E-state index contributed by atoms with van der Waals surface area (Å²) in [6, 6.07) is 9.58. The Kier molecular flexibility index (Phi) is 3.92. The molecule has 3 rings (SSSR count). The van der Waals surface area contributed by atoms with E-state index in [1.165, 1.54) is 17.6 Å². The molecule has 0 saturated heterocycles. The number of nitrogens with two attached hydrogens (primary N) is 1. The van der Waals surface area contributed by atoms with Gasteiger partial charge in [-0.2, -0.15) is 4.80 Å². The number of hydrogen-bond acceptors (Lipinski definition) is 5. The third-order valence-electron chi connectivity index (χ3n) is 3.53. The normalized spacial score (nSPS) is 15.7. The fourth-order valence-electron chi connectivity index (χ4n) is 2.12. The molecule has 1 atom stereocenters. The van der Waals surface area contributed by atoms with E-state index >= 15 is 0 Å². The summed E-state index contributed by atoms with van der Waals surface area (Å²) >= 11 is 0. The van der Waals surface area contributed by atoms with E-state index in [9.17, 15) is 4.79 Å². The quantitative estimate of drug-likeness (QED) is 0.790. The van der Waals surface area contributed by atoms with Gasteiger partial charge in [0.25, 0.3) is 0 Å². The second-order valence-electron chi connectivity index (χ2n) is 5.31. The van der Waals surface area contributed by atoms with Crippen LogP contribution in [0.25, 0.3) is 11.4 Å². The maximum atomic E-state index is 11.8. The lowest BCUT2D eigenvalue weighted by Gasteiger charge is -2.10. The molecular formula is C14H18N6O. The van der Waals surface area contributed by atoms with Crippen molar-refractivity contribution in [2.75, 3.05) is 6.54 Å². The number of hydrogen-bond donors (Lipinski definition) is 2. The number of carbonyl (C=O) groups excluding carboxylic acids is 1. The molecule has 1 saturated carbocycles. The molecule has 110 valence electrons. The van der Waals surface area contributed by atoms with Gasteiger partial charge in [0.15, 0.2) is 0 Å². The highest BCUT2D eigenvalue weighted by Gasteiger charge is 2.28. The lowest BCUT2D eigenvalue weighted by Crippen LogP contribution is -2.40. The van der Waals surface area contributed by atoms with Crippen LogP contribution in [0.3, 0.4) is 0 Å². The number of nitrogens with zero attached hydrogens (tertiary/aromatic N) is 4. The lowest BCUT2D eigenvalue weighted by atomic mass is 10.2. The molecule has 0 bridgehead atoms. The van der Waals surface area contributed by atoms with Crippen molar-refractivity contribution in [3.63, 3.8) is 0 Å². The zero-order chi connectivity index (χ0) is 14.7. The van der Waals surface area contributed by atoms with Gasteiger partial charge in [-0.1, -0.05) is 30.3 Å².